The van der Waals surface area contributed by atoms with Crippen LogP contribution in [-0.2, 0) is 14.3 Å². The van der Waals surface area contributed by atoms with Gasteiger partial charge in [0.15, 0.2) is 0 Å². The number of allylic oxidation sites excluding steroid dienone is 2. The third kappa shape index (κ3) is 6.77. The van der Waals surface area contributed by atoms with Crippen molar-refractivity contribution in [2.24, 2.45) is 0 Å². The topological polar surface area (TPSA) is 114 Å². The SMILES string of the molecule is COC(=O)C1=C(C)NC(C)=C(C(=O)NCCCN2CC[Si](c3ccccc3)(c3ccccc3)CC2)C1c1cccc([N+](=O)[O-])c1. The first-order valence-electron chi connectivity index (χ1n) is 15.4. The number of amides is 1. The van der Waals surface area contributed by atoms with Gasteiger partial charge in [-0.3, -0.25) is 14.9 Å². The van der Waals surface area contributed by atoms with Crippen LogP contribution in [0, 0.1) is 10.1 Å². The molecule has 1 amide bonds. The van der Waals surface area contributed by atoms with Crippen LogP contribution in [0.15, 0.2) is 107 Å². The molecule has 0 bridgehead atoms. The fourth-order valence-electron chi connectivity index (χ4n) is 6.84. The Labute approximate surface area is 265 Å². The number of rotatable bonds is 10. The fraction of sp³-hybridized carbons (Fsp3) is 0.314. The summed E-state index contributed by atoms with van der Waals surface area (Å²) >= 11 is 0. The number of nitro benzene ring substituents is 1. The number of hydrogen-bond acceptors (Lipinski definition) is 7. The Morgan fingerprint density at radius 2 is 1.53 bits per heavy atom. The van der Waals surface area contributed by atoms with Crippen molar-refractivity contribution in [3.63, 3.8) is 0 Å². The van der Waals surface area contributed by atoms with Crippen LogP contribution in [0.25, 0.3) is 0 Å². The molecule has 45 heavy (non-hydrogen) atoms. The molecule has 234 valence electrons. The average molecular weight is 625 g/mol. The molecule has 2 aliphatic heterocycles. The van der Waals surface area contributed by atoms with Gasteiger partial charge in [0.2, 0.25) is 5.91 Å². The van der Waals surface area contributed by atoms with E-state index in [9.17, 15) is 19.7 Å². The van der Waals surface area contributed by atoms with Crippen LogP contribution in [0.2, 0.25) is 12.1 Å². The van der Waals surface area contributed by atoms with Gasteiger partial charge in [0.25, 0.3) is 5.69 Å². The van der Waals surface area contributed by atoms with Crippen LogP contribution in [0.1, 0.15) is 31.7 Å². The number of methoxy groups -OCH3 is 1. The molecule has 0 spiro atoms. The second-order valence-corrected chi connectivity index (χ2v) is 16.1. The highest BCUT2D eigenvalue weighted by Gasteiger charge is 2.40. The molecule has 5 rings (SSSR count). The van der Waals surface area contributed by atoms with Crippen LogP contribution >= 0.6 is 0 Å². The Morgan fingerprint density at radius 3 is 2.11 bits per heavy atom. The van der Waals surface area contributed by atoms with Crippen molar-refractivity contribution in [2.45, 2.75) is 38.3 Å². The van der Waals surface area contributed by atoms with Crippen LogP contribution in [0.3, 0.4) is 0 Å². The van der Waals surface area contributed by atoms with Crippen LogP contribution < -0.4 is 21.0 Å². The number of hydrogen-bond donors (Lipinski definition) is 2. The van der Waals surface area contributed by atoms with E-state index in [1.54, 1.807) is 26.0 Å². The van der Waals surface area contributed by atoms with Gasteiger partial charge < -0.3 is 20.3 Å². The standard InChI is InChI=1S/C35H40N4O5Si/c1-25-31(33(32(26(2)37-25)35(41)44-3)27-12-10-13-28(24-27)39(42)43)34(40)36-18-11-19-38-20-22-45(23-21-38,29-14-6-4-7-15-29)30-16-8-5-9-17-30/h4-10,12-17,24,33,37H,11,18-23H2,1-3H3,(H,36,40). The second kappa shape index (κ2) is 14.0. The van der Waals surface area contributed by atoms with Gasteiger partial charge in [0.05, 0.1) is 23.5 Å². The van der Waals surface area contributed by atoms with Crippen LogP contribution in [0.4, 0.5) is 5.69 Å². The number of nitro groups is 1. The third-order valence-electron chi connectivity index (χ3n) is 9.12. The fourth-order valence-corrected chi connectivity index (χ4v) is 11.6. The molecule has 0 radical (unpaired) electrons. The van der Waals surface area contributed by atoms with Gasteiger partial charge in [-0.25, -0.2) is 4.79 Å². The van der Waals surface area contributed by atoms with E-state index >= 15 is 0 Å². The van der Waals surface area contributed by atoms with Gasteiger partial charge in [-0.15, -0.1) is 0 Å². The highest BCUT2D eigenvalue weighted by molar-refractivity contribution is 7.02. The largest absolute Gasteiger partial charge is 0.466 e. The average Bonchev–Trinajstić information content (AvgIpc) is 3.07. The Balaban J connectivity index is 1.25. The predicted molar refractivity (Wildman–Crippen MR) is 178 cm³/mol. The molecule has 10 heteroatoms. The van der Waals surface area contributed by atoms with Crippen molar-refractivity contribution in [1.82, 2.24) is 15.5 Å². The van der Waals surface area contributed by atoms with Crippen molar-refractivity contribution in [1.29, 1.82) is 0 Å². The van der Waals surface area contributed by atoms with Crippen molar-refractivity contribution in [2.75, 3.05) is 33.3 Å². The van der Waals surface area contributed by atoms with Crippen LogP contribution in [0.5, 0.6) is 0 Å². The number of nitrogens with zero attached hydrogens (tertiary/aromatic N) is 2. The summed E-state index contributed by atoms with van der Waals surface area (Å²) in [5.74, 6) is -1.72. The molecule has 0 aromatic heterocycles. The molecule has 1 fully saturated rings. The zero-order valence-electron chi connectivity index (χ0n) is 26.0. The molecule has 1 unspecified atom stereocenters. The summed E-state index contributed by atoms with van der Waals surface area (Å²) in [6, 6.07) is 30.3. The summed E-state index contributed by atoms with van der Waals surface area (Å²) in [6.07, 6.45) is 0.775. The molecule has 0 aliphatic carbocycles. The van der Waals surface area contributed by atoms with Gasteiger partial charge in [0.1, 0.15) is 8.07 Å². The van der Waals surface area contributed by atoms with E-state index in [1.807, 2.05) is 0 Å². The maximum atomic E-state index is 13.7. The monoisotopic (exact) mass is 624 g/mol. The number of nitrogens with one attached hydrogen (secondary N) is 2. The minimum atomic E-state index is -1.86. The Hall–Kier alpha value is -4.54. The van der Waals surface area contributed by atoms with Crippen molar-refractivity contribution < 1.29 is 19.2 Å². The summed E-state index contributed by atoms with van der Waals surface area (Å²) in [5, 5.41) is 20.7. The van der Waals surface area contributed by atoms with E-state index in [0.29, 0.717) is 29.1 Å². The summed E-state index contributed by atoms with van der Waals surface area (Å²) in [5.41, 5.74) is 2.11. The molecule has 0 saturated carbocycles. The Kier molecular flexibility index (Phi) is 9.95. The minimum Gasteiger partial charge on any atom is -0.466 e. The summed E-state index contributed by atoms with van der Waals surface area (Å²) in [7, 11) is -0.574. The summed E-state index contributed by atoms with van der Waals surface area (Å²) < 4.78 is 5.06. The van der Waals surface area contributed by atoms with Gasteiger partial charge >= 0.3 is 5.97 Å². The van der Waals surface area contributed by atoms with Crippen molar-refractivity contribution in [3.05, 3.63) is 123 Å². The van der Waals surface area contributed by atoms with E-state index in [1.165, 1.54) is 29.6 Å². The minimum absolute atomic E-state index is 0.113. The quantitative estimate of drug-likeness (QED) is 0.115. The third-order valence-corrected chi connectivity index (χ3v) is 14.2. The van der Waals surface area contributed by atoms with Crippen molar-refractivity contribution in [3.8, 4) is 0 Å². The first-order chi connectivity index (χ1) is 21.7. The molecule has 3 aromatic rings. The van der Waals surface area contributed by atoms with Gasteiger partial charge in [-0.05, 0) is 57.6 Å². The number of benzene rings is 3. The van der Waals surface area contributed by atoms with Gasteiger partial charge in [-0.1, -0.05) is 83.2 Å². The first kappa shape index (κ1) is 31.9. The van der Waals surface area contributed by atoms with E-state index in [0.717, 1.165) is 38.1 Å². The maximum Gasteiger partial charge on any atom is 0.336 e. The Bertz CT molecular complexity index is 1570. The van der Waals surface area contributed by atoms with Crippen LogP contribution in [-0.4, -0.2) is 63.1 Å². The molecule has 2 aliphatic rings. The molecule has 2 N–H and O–H groups in total. The van der Waals surface area contributed by atoms with Crippen molar-refractivity contribution >= 4 is 36.0 Å². The lowest BCUT2D eigenvalue weighted by Gasteiger charge is -2.41. The Morgan fingerprint density at radius 1 is 0.933 bits per heavy atom. The molecular formula is C35H40N4O5Si. The van der Waals surface area contributed by atoms with E-state index in [-0.39, 0.29) is 17.2 Å². The lowest BCUT2D eigenvalue weighted by atomic mass is 9.80. The molecule has 1 atom stereocenters. The first-order valence-corrected chi connectivity index (χ1v) is 17.8. The van der Waals surface area contributed by atoms with Gasteiger partial charge in [0, 0.05) is 35.6 Å². The number of dihydropyridines is 1. The molecule has 3 aromatic carbocycles. The van der Waals surface area contributed by atoms with Gasteiger partial charge in [-0.2, -0.15) is 0 Å². The smallest absolute Gasteiger partial charge is 0.336 e. The lowest BCUT2D eigenvalue weighted by Crippen LogP contribution is -2.63. The zero-order valence-corrected chi connectivity index (χ0v) is 27.0. The molecule has 9 nitrogen and oxygen atoms in total. The molecular weight excluding hydrogens is 584 g/mol. The maximum absolute atomic E-state index is 13.7. The summed E-state index contributed by atoms with van der Waals surface area (Å²) in [6.45, 7) is 6.87. The van der Waals surface area contributed by atoms with E-state index < -0.39 is 24.9 Å². The molecule has 1 saturated heterocycles. The predicted octanol–water partition coefficient (Wildman–Crippen LogP) is 4.09. The van der Waals surface area contributed by atoms with E-state index in [4.69, 9.17) is 4.74 Å². The normalized spacial score (nSPS) is 18.2. The molecule has 2 heterocycles. The number of esters is 1. The highest BCUT2D eigenvalue weighted by atomic mass is 28.3. The number of carbonyl (C=O) groups excluding carboxylic acids is 2. The van der Waals surface area contributed by atoms with E-state index in [2.05, 4.69) is 76.2 Å². The zero-order chi connectivity index (χ0) is 32.0. The number of non-ortho nitro benzene ring substituents is 1. The number of carbonyl (C=O) groups is 2. The summed E-state index contributed by atoms with van der Waals surface area (Å²) in [4.78, 5) is 40.1. The second-order valence-electron chi connectivity index (χ2n) is 11.7. The highest BCUT2D eigenvalue weighted by Crippen LogP contribution is 2.39. The lowest BCUT2D eigenvalue weighted by molar-refractivity contribution is -0.384. The number of ether oxygens (including phenoxy) is 1.